The number of aliphatic hydroxyl groups is 1. The van der Waals surface area contributed by atoms with Gasteiger partial charge in [-0.25, -0.2) is 0 Å². The van der Waals surface area contributed by atoms with Crippen LogP contribution in [-0.4, -0.2) is 60.8 Å². The van der Waals surface area contributed by atoms with E-state index in [4.69, 9.17) is 11.6 Å². The van der Waals surface area contributed by atoms with Crippen molar-refractivity contribution in [1.82, 2.24) is 9.80 Å². The molecule has 1 aliphatic rings. The lowest BCUT2D eigenvalue weighted by molar-refractivity contribution is 0.0639. The zero-order valence-electron chi connectivity index (χ0n) is 11.7. The van der Waals surface area contributed by atoms with E-state index in [0.29, 0.717) is 12.5 Å². The molecule has 1 aliphatic heterocycles. The van der Waals surface area contributed by atoms with Crippen LogP contribution in [0.2, 0.25) is 5.02 Å². The van der Waals surface area contributed by atoms with Crippen LogP contribution >= 0.6 is 11.6 Å². The fourth-order valence-corrected chi connectivity index (χ4v) is 2.88. The SMILES string of the molecule is CN1CCN(C)C(CC(O)Cc2ccccc2Cl)C1. The van der Waals surface area contributed by atoms with Crippen LogP contribution in [0, 0.1) is 0 Å². The van der Waals surface area contributed by atoms with Gasteiger partial charge in [-0.2, -0.15) is 0 Å². The summed E-state index contributed by atoms with van der Waals surface area (Å²) in [6.45, 7) is 3.20. The summed E-state index contributed by atoms with van der Waals surface area (Å²) < 4.78 is 0. The predicted octanol–water partition coefficient (Wildman–Crippen LogP) is 1.88. The summed E-state index contributed by atoms with van der Waals surface area (Å²) in [6, 6.07) is 8.18. The number of benzene rings is 1. The fraction of sp³-hybridized carbons (Fsp3) is 0.600. The van der Waals surface area contributed by atoms with Gasteiger partial charge in [-0.3, -0.25) is 0 Å². The predicted molar refractivity (Wildman–Crippen MR) is 79.7 cm³/mol. The normalized spacial score (nSPS) is 23.5. The van der Waals surface area contributed by atoms with Crippen molar-refractivity contribution in [3.05, 3.63) is 34.9 Å². The molecule has 2 atom stereocenters. The lowest BCUT2D eigenvalue weighted by atomic mass is 9.99. The highest BCUT2D eigenvalue weighted by atomic mass is 35.5. The van der Waals surface area contributed by atoms with Crippen LogP contribution in [0.5, 0.6) is 0 Å². The highest BCUT2D eigenvalue weighted by Crippen LogP contribution is 2.19. The molecule has 1 N–H and O–H groups in total. The van der Waals surface area contributed by atoms with E-state index in [-0.39, 0.29) is 6.10 Å². The monoisotopic (exact) mass is 282 g/mol. The van der Waals surface area contributed by atoms with Crippen LogP contribution in [0.25, 0.3) is 0 Å². The minimum absolute atomic E-state index is 0.334. The van der Waals surface area contributed by atoms with E-state index in [0.717, 1.165) is 36.6 Å². The van der Waals surface area contributed by atoms with Gasteiger partial charge >= 0.3 is 0 Å². The van der Waals surface area contributed by atoms with Crippen LogP contribution in [0.1, 0.15) is 12.0 Å². The number of likely N-dealkylation sites (N-methyl/N-ethyl adjacent to an activating group) is 2. The molecule has 0 amide bonds. The second-order valence-corrected chi connectivity index (χ2v) is 5.99. The van der Waals surface area contributed by atoms with Crippen LogP contribution < -0.4 is 0 Å². The van der Waals surface area contributed by atoms with Crippen molar-refractivity contribution in [2.45, 2.75) is 25.0 Å². The van der Waals surface area contributed by atoms with Crippen molar-refractivity contribution in [2.75, 3.05) is 33.7 Å². The van der Waals surface area contributed by atoms with E-state index in [1.807, 2.05) is 24.3 Å². The number of rotatable bonds is 4. The van der Waals surface area contributed by atoms with Gasteiger partial charge in [-0.05, 0) is 38.6 Å². The largest absolute Gasteiger partial charge is 0.393 e. The third-order valence-electron chi connectivity index (χ3n) is 3.94. The molecular weight excluding hydrogens is 260 g/mol. The maximum Gasteiger partial charge on any atom is 0.0596 e. The van der Waals surface area contributed by atoms with Gasteiger partial charge in [0, 0.05) is 30.7 Å². The molecule has 19 heavy (non-hydrogen) atoms. The molecule has 1 aromatic rings. The number of piperazine rings is 1. The van der Waals surface area contributed by atoms with Gasteiger partial charge in [0.05, 0.1) is 6.10 Å². The molecule has 0 spiro atoms. The topological polar surface area (TPSA) is 26.7 Å². The smallest absolute Gasteiger partial charge is 0.0596 e. The Balaban J connectivity index is 1.90. The molecule has 0 saturated carbocycles. The Morgan fingerprint density at radius 3 is 2.79 bits per heavy atom. The van der Waals surface area contributed by atoms with Gasteiger partial charge in [-0.15, -0.1) is 0 Å². The average Bonchev–Trinajstić information content (AvgIpc) is 2.37. The first kappa shape index (κ1) is 14.8. The van der Waals surface area contributed by atoms with Crippen molar-refractivity contribution in [3.63, 3.8) is 0 Å². The second kappa shape index (κ2) is 6.71. The Hall–Kier alpha value is -0.610. The van der Waals surface area contributed by atoms with Crippen LogP contribution in [0.3, 0.4) is 0 Å². The molecule has 1 heterocycles. The van der Waals surface area contributed by atoms with Gasteiger partial charge in [0.15, 0.2) is 0 Å². The maximum atomic E-state index is 10.3. The van der Waals surface area contributed by atoms with Gasteiger partial charge < -0.3 is 14.9 Å². The van der Waals surface area contributed by atoms with Crippen molar-refractivity contribution < 1.29 is 5.11 Å². The van der Waals surface area contributed by atoms with E-state index >= 15 is 0 Å². The molecule has 2 rings (SSSR count). The van der Waals surface area contributed by atoms with Crippen LogP contribution in [0.4, 0.5) is 0 Å². The van der Waals surface area contributed by atoms with Crippen molar-refractivity contribution in [2.24, 2.45) is 0 Å². The molecule has 4 heteroatoms. The number of halogens is 1. The second-order valence-electron chi connectivity index (χ2n) is 5.58. The van der Waals surface area contributed by atoms with Gasteiger partial charge in [0.1, 0.15) is 0 Å². The molecule has 1 aromatic carbocycles. The minimum Gasteiger partial charge on any atom is -0.393 e. The molecule has 3 nitrogen and oxygen atoms in total. The highest BCUT2D eigenvalue weighted by Gasteiger charge is 2.24. The summed E-state index contributed by atoms with van der Waals surface area (Å²) in [5, 5.41) is 11.0. The third kappa shape index (κ3) is 4.18. The summed E-state index contributed by atoms with van der Waals surface area (Å²) in [6.07, 6.45) is 1.10. The molecule has 106 valence electrons. The number of aliphatic hydroxyl groups excluding tert-OH is 1. The molecule has 0 aliphatic carbocycles. The summed E-state index contributed by atoms with van der Waals surface area (Å²) >= 11 is 6.13. The maximum absolute atomic E-state index is 10.3. The summed E-state index contributed by atoms with van der Waals surface area (Å²) in [5.41, 5.74) is 1.03. The molecule has 1 fully saturated rings. The van der Waals surface area contributed by atoms with Crippen molar-refractivity contribution >= 4 is 11.6 Å². The highest BCUT2D eigenvalue weighted by molar-refractivity contribution is 6.31. The van der Waals surface area contributed by atoms with Crippen LogP contribution in [0.15, 0.2) is 24.3 Å². The third-order valence-corrected chi connectivity index (χ3v) is 4.31. The lowest BCUT2D eigenvalue weighted by Gasteiger charge is -2.38. The fourth-order valence-electron chi connectivity index (χ4n) is 2.67. The first-order valence-corrected chi connectivity index (χ1v) is 7.24. The number of hydrogen-bond donors (Lipinski definition) is 1. The Morgan fingerprint density at radius 2 is 2.05 bits per heavy atom. The average molecular weight is 283 g/mol. The van der Waals surface area contributed by atoms with E-state index < -0.39 is 0 Å². The van der Waals surface area contributed by atoms with Gasteiger partial charge in [-0.1, -0.05) is 29.8 Å². The quantitative estimate of drug-likeness (QED) is 0.913. The van der Waals surface area contributed by atoms with Crippen molar-refractivity contribution in [1.29, 1.82) is 0 Å². The Morgan fingerprint density at radius 1 is 1.32 bits per heavy atom. The van der Waals surface area contributed by atoms with E-state index in [2.05, 4.69) is 23.9 Å². The van der Waals surface area contributed by atoms with E-state index in [1.54, 1.807) is 0 Å². The molecule has 1 saturated heterocycles. The first-order chi connectivity index (χ1) is 9.06. The lowest BCUT2D eigenvalue weighted by Crippen LogP contribution is -2.51. The van der Waals surface area contributed by atoms with Gasteiger partial charge in [0.25, 0.3) is 0 Å². The standard InChI is InChI=1S/C15H23ClN2O/c1-17-7-8-18(2)13(11-17)10-14(19)9-12-5-3-4-6-15(12)16/h3-6,13-14,19H,7-11H2,1-2H3. The summed E-state index contributed by atoms with van der Waals surface area (Å²) in [7, 11) is 4.28. The summed E-state index contributed by atoms with van der Waals surface area (Å²) in [5.74, 6) is 0. The molecule has 0 bridgehead atoms. The van der Waals surface area contributed by atoms with E-state index in [1.165, 1.54) is 0 Å². The zero-order chi connectivity index (χ0) is 13.8. The van der Waals surface area contributed by atoms with Gasteiger partial charge in [0.2, 0.25) is 0 Å². The molecule has 2 unspecified atom stereocenters. The Labute approximate surface area is 120 Å². The number of nitrogens with zero attached hydrogens (tertiary/aromatic N) is 2. The Bertz CT molecular complexity index is 413. The number of hydrogen-bond acceptors (Lipinski definition) is 3. The first-order valence-electron chi connectivity index (χ1n) is 6.86. The zero-order valence-corrected chi connectivity index (χ0v) is 12.5. The molecule has 0 radical (unpaired) electrons. The molecule has 0 aromatic heterocycles. The summed E-state index contributed by atoms with van der Waals surface area (Å²) in [4.78, 5) is 4.67. The Kier molecular flexibility index (Phi) is 5.22. The molecular formula is C15H23ClN2O. The van der Waals surface area contributed by atoms with E-state index in [9.17, 15) is 5.11 Å². The minimum atomic E-state index is -0.334. The van der Waals surface area contributed by atoms with Crippen LogP contribution in [-0.2, 0) is 6.42 Å². The van der Waals surface area contributed by atoms with Crippen molar-refractivity contribution in [3.8, 4) is 0 Å².